The average Bonchev–Trinajstić information content (AvgIpc) is 3.31. The Balaban J connectivity index is 1.40. The van der Waals surface area contributed by atoms with E-state index in [-0.39, 0.29) is 18.6 Å². The van der Waals surface area contributed by atoms with Crippen LogP contribution in [-0.2, 0) is 13.0 Å². The number of benzene rings is 2. The number of amides is 2. The molecule has 3 aromatic rings. The van der Waals surface area contributed by atoms with Crippen LogP contribution in [0.15, 0.2) is 48.8 Å². The molecule has 2 aromatic carbocycles. The number of carbonyl (C=O) groups is 1. The van der Waals surface area contributed by atoms with E-state index in [0.29, 0.717) is 15.9 Å². The van der Waals surface area contributed by atoms with Gasteiger partial charge >= 0.3 is 6.03 Å². The van der Waals surface area contributed by atoms with Crippen molar-refractivity contribution in [3.8, 4) is 5.69 Å². The molecule has 6 nitrogen and oxygen atoms in total. The van der Waals surface area contributed by atoms with Gasteiger partial charge in [0.1, 0.15) is 6.33 Å². The molecule has 1 aliphatic carbocycles. The summed E-state index contributed by atoms with van der Waals surface area (Å²) in [4.78, 5) is 12.4. The summed E-state index contributed by atoms with van der Waals surface area (Å²) in [6, 6.07) is 13.1. The first kappa shape index (κ1) is 17.8. The second-order valence-electron chi connectivity index (χ2n) is 6.30. The third kappa shape index (κ3) is 3.63. The van der Waals surface area contributed by atoms with Crippen molar-refractivity contribution in [2.24, 2.45) is 0 Å². The topological polar surface area (TPSA) is 71.8 Å². The fourth-order valence-electron chi connectivity index (χ4n) is 3.33. The van der Waals surface area contributed by atoms with Crippen molar-refractivity contribution < 1.29 is 4.79 Å². The molecule has 1 unspecified atom stereocenters. The lowest BCUT2D eigenvalue weighted by molar-refractivity contribution is 0.236. The SMILES string of the molecule is O=C(NCc1nncn1-c1ccccc1)NC1CCc2c1ccc(Cl)c2Cl. The van der Waals surface area contributed by atoms with Crippen molar-refractivity contribution in [1.29, 1.82) is 0 Å². The fraction of sp³-hybridized carbons (Fsp3) is 0.211. The second-order valence-corrected chi connectivity index (χ2v) is 7.09. The zero-order valence-electron chi connectivity index (χ0n) is 14.3. The van der Waals surface area contributed by atoms with Gasteiger partial charge < -0.3 is 10.6 Å². The van der Waals surface area contributed by atoms with Crippen LogP contribution < -0.4 is 10.6 Å². The summed E-state index contributed by atoms with van der Waals surface area (Å²) in [7, 11) is 0. The number of urea groups is 1. The molecule has 27 heavy (non-hydrogen) atoms. The van der Waals surface area contributed by atoms with E-state index in [9.17, 15) is 4.79 Å². The highest BCUT2D eigenvalue weighted by atomic mass is 35.5. The van der Waals surface area contributed by atoms with Crippen LogP contribution >= 0.6 is 23.2 Å². The Labute approximate surface area is 166 Å². The zero-order chi connectivity index (χ0) is 18.8. The Kier molecular flexibility index (Phi) is 5.01. The minimum absolute atomic E-state index is 0.0817. The first-order valence-corrected chi connectivity index (χ1v) is 9.34. The predicted molar refractivity (Wildman–Crippen MR) is 104 cm³/mol. The van der Waals surface area contributed by atoms with E-state index in [4.69, 9.17) is 23.2 Å². The largest absolute Gasteiger partial charge is 0.331 e. The molecule has 1 aliphatic rings. The van der Waals surface area contributed by atoms with Crippen LogP contribution in [0.2, 0.25) is 10.0 Å². The van der Waals surface area contributed by atoms with E-state index in [1.54, 1.807) is 12.4 Å². The molecule has 4 rings (SSSR count). The van der Waals surface area contributed by atoms with Gasteiger partial charge in [-0.15, -0.1) is 10.2 Å². The molecule has 2 N–H and O–H groups in total. The molecule has 8 heteroatoms. The number of aromatic nitrogens is 3. The van der Waals surface area contributed by atoms with E-state index >= 15 is 0 Å². The molecule has 2 amide bonds. The summed E-state index contributed by atoms with van der Waals surface area (Å²) in [6.07, 6.45) is 3.22. The molecule has 1 heterocycles. The minimum atomic E-state index is -0.262. The molecule has 0 spiro atoms. The van der Waals surface area contributed by atoms with Crippen LogP contribution in [0.3, 0.4) is 0 Å². The fourth-order valence-corrected chi connectivity index (χ4v) is 3.78. The molecule has 0 aliphatic heterocycles. The van der Waals surface area contributed by atoms with Gasteiger partial charge in [0.2, 0.25) is 0 Å². The van der Waals surface area contributed by atoms with E-state index < -0.39 is 0 Å². The maximum atomic E-state index is 12.4. The minimum Gasteiger partial charge on any atom is -0.331 e. The van der Waals surface area contributed by atoms with Crippen molar-refractivity contribution in [3.05, 3.63) is 75.8 Å². The number of carbonyl (C=O) groups excluding carboxylic acids is 1. The van der Waals surface area contributed by atoms with Crippen molar-refractivity contribution in [1.82, 2.24) is 25.4 Å². The molecule has 1 aromatic heterocycles. The number of hydrogen-bond donors (Lipinski definition) is 2. The van der Waals surface area contributed by atoms with E-state index in [1.165, 1.54) is 0 Å². The summed E-state index contributed by atoms with van der Waals surface area (Å²) in [5.74, 6) is 0.651. The van der Waals surface area contributed by atoms with Crippen LogP contribution in [0.4, 0.5) is 4.79 Å². The highest BCUT2D eigenvalue weighted by Crippen LogP contribution is 2.38. The van der Waals surface area contributed by atoms with Gasteiger partial charge in [0.05, 0.1) is 22.6 Å². The summed E-state index contributed by atoms with van der Waals surface area (Å²) < 4.78 is 1.84. The summed E-state index contributed by atoms with van der Waals surface area (Å²) in [5.41, 5.74) is 2.97. The molecule has 138 valence electrons. The molecule has 1 atom stereocenters. The quantitative estimate of drug-likeness (QED) is 0.692. The number of nitrogens with one attached hydrogen (secondary N) is 2. The normalized spacial score (nSPS) is 15.4. The highest BCUT2D eigenvalue weighted by Gasteiger charge is 2.26. The summed E-state index contributed by atoms with van der Waals surface area (Å²) in [6.45, 7) is 0.266. The first-order valence-electron chi connectivity index (χ1n) is 8.59. The summed E-state index contributed by atoms with van der Waals surface area (Å²) >= 11 is 12.3. The van der Waals surface area contributed by atoms with Gasteiger partial charge in [-0.05, 0) is 42.2 Å². The third-order valence-electron chi connectivity index (χ3n) is 4.66. The van der Waals surface area contributed by atoms with Gasteiger partial charge in [-0.1, -0.05) is 47.5 Å². The van der Waals surface area contributed by atoms with Gasteiger partial charge in [-0.3, -0.25) is 4.57 Å². The molecule has 0 bridgehead atoms. The van der Waals surface area contributed by atoms with Gasteiger partial charge in [-0.25, -0.2) is 4.79 Å². The van der Waals surface area contributed by atoms with Crippen molar-refractivity contribution in [3.63, 3.8) is 0 Å². The van der Waals surface area contributed by atoms with Crippen LogP contribution in [0.25, 0.3) is 5.69 Å². The Morgan fingerprint density at radius 2 is 2.00 bits per heavy atom. The monoisotopic (exact) mass is 401 g/mol. The Hall–Kier alpha value is -2.57. The van der Waals surface area contributed by atoms with E-state index in [1.807, 2.05) is 41.0 Å². The van der Waals surface area contributed by atoms with E-state index in [2.05, 4.69) is 20.8 Å². The van der Waals surface area contributed by atoms with Crippen LogP contribution in [-0.4, -0.2) is 20.8 Å². The van der Waals surface area contributed by atoms with Gasteiger partial charge in [0.15, 0.2) is 5.82 Å². The van der Waals surface area contributed by atoms with Crippen molar-refractivity contribution in [2.45, 2.75) is 25.4 Å². The lowest BCUT2D eigenvalue weighted by Crippen LogP contribution is -2.37. The standard InChI is InChI=1S/C19H17Cl2N5O/c20-15-8-6-13-14(18(15)21)7-9-16(13)24-19(27)22-10-17-25-23-11-26(17)12-4-2-1-3-5-12/h1-6,8,11,16H,7,9-10H2,(H2,22,24,27). The smallest absolute Gasteiger partial charge is 0.315 e. The first-order chi connectivity index (χ1) is 13.1. The maximum Gasteiger partial charge on any atom is 0.315 e. The molecular formula is C19H17Cl2N5O. The van der Waals surface area contributed by atoms with Crippen molar-refractivity contribution >= 4 is 29.2 Å². The van der Waals surface area contributed by atoms with Crippen LogP contribution in [0, 0.1) is 0 Å². The lowest BCUT2D eigenvalue weighted by atomic mass is 10.1. The average molecular weight is 402 g/mol. The highest BCUT2D eigenvalue weighted by molar-refractivity contribution is 6.42. The molecular weight excluding hydrogens is 385 g/mol. The maximum absolute atomic E-state index is 12.4. The van der Waals surface area contributed by atoms with Crippen LogP contribution in [0.1, 0.15) is 29.4 Å². The summed E-state index contributed by atoms with van der Waals surface area (Å²) in [5, 5.41) is 15.0. The zero-order valence-corrected chi connectivity index (χ0v) is 15.8. The lowest BCUT2D eigenvalue weighted by Gasteiger charge is -2.15. The number of nitrogens with zero attached hydrogens (tertiary/aromatic N) is 3. The number of para-hydroxylation sites is 1. The third-order valence-corrected chi connectivity index (χ3v) is 5.50. The molecule has 0 fully saturated rings. The Bertz CT molecular complexity index is 973. The number of fused-ring (bicyclic) bond motifs is 1. The van der Waals surface area contributed by atoms with Gasteiger partial charge in [0, 0.05) is 5.69 Å². The van der Waals surface area contributed by atoms with Crippen molar-refractivity contribution in [2.75, 3.05) is 0 Å². The van der Waals surface area contributed by atoms with Gasteiger partial charge in [-0.2, -0.15) is 0 Å². The number of rotatable bonds is 4. The Morgan fingerprint density at radius 3 is 2.81 bits per heavy atom. The van der Waals surface area contributed by atoms with E-state index in [0.717, 1.165) is 29.7 Å². The number of halogens is 2. The molecule has 0 radical (unpaired) electrons. The number of hydrogen-bond acceptors (Lipinski definition) is 3. The second kappa shape index (κ2) is 7.58. The predicted octanol–water partition coefficient (Wildman–Crippen LogP) is 4.06. The van der Waals surface area contributed by atoms with Gasteiger partial charge in [0.25, 0.3) is 0 Å². The molecule has 0 saturated heterocycles. The Morgan fingerprint density at radius 1 is 1.19 bits per heavy atom. The van der Waals surface area contributed by atoms with Crippen LogP contribution in [0.5, 0.6) is 0 Å². The molecule has 0 saturated carbocycles.